The number of benzene rings is 1. The molecule has 5 nitrogen and oxygen atoms in total. The maximum Gasteiger partial charge on any atom is 0.191 e. The summed E-state index contributed by atoms with van der Waals surface area (Å²) in [5.74, 6) is 0.916. The van der Waals surface area contributed by atoms with E-state index in [0.717, 1.165) is 57.9 Å². The van der Waals surface area contributed by atoms with Crippen LogP contribution < -0.4 is 15.5 Å². The fourth-order valence-electron chi connectivity index (χ4n) is 3.38. The summed E-state index contributed by atoms with van der Waals surface area (Å²) in [5.41, 5.74) is 1.23. The first-order valence-corrected chi connectivity index (χ1v) is 11.1. The predicted octanol–water partition coefficient (Wildman–Crippen LogP) is 4.50. The number of thiophene rings is 1. The lowest BCUT2D eigenvalue weighted by molar-refractivity contribution is 0.117. The minimum atomic E-state index is 0. The molecular formula is C22H33IN4OS. The number of nitrogens with one attached hydrogen (secondary N) is 2. The Morgan fingerprint density at radius 2 is 1.93 bits per heavy atom. The van der Waals surface area contributed by atoms with Gasteiger partial charge in [0.05, 0.1) is 11.6 Å². The van der Waals surface area contributed by atoms with E-state index in [0.29, 0.717) is 12.6 Å². The monoisotopic (exact) mass is 528 g/mol. The molecule has 0 amide bonds. The Morgan fingerprint density at radius 1 is 1.14 bits per heavy atom. The fourth-order valence-corrected chi connectivity index (χ4v) is 4.17. The summed E-state index contributed by atoms with van der Waals surface area (Å²) in [6, 6.07) is 15.2. The lowest BCUT2D eigenvalue weighted by atomic mass is 10.1. The molecule has 2 aromatic rings. The summed E-state index contributed by atoms with van der Waals surface area (Å²) in [5, 5.41) is 10.6. The van der Waals surface area contributed by atoms with Crippen molar-refractivity contribution in [1.29, 1.82) is 0 Å². The predicted molar refractivity (Wildman–Crippen MR) is 135 cm³/mol. The molecule has 1 fully saturated rings. The number of guanidine groups is 1. The number of hydrogen-bond donors (Lipinski definition) is 2. The highest BCUT2D eigenvalue weighted by molar-refractivity contribution is 14.0. The molecule has 0 radical (unpaired) electrons. The summed E-state index contributed by atoms with van der Waals surface area (Å²) in [7, 11) is 1.85. The maximum atomic E-state index is 5.74. The van der Waals surface area contributed by atoms with Gasteiger partial charge in [-0.25, -0.2) is 0 Å². The second-order valence-corrected chi connectivity index (χ2v) is 8.03. The smallest absolute Gasteiger partial charge is 0.191 e. The summed E-state index contributed by atoms with van der Waals surface area (Å²) < 4.78 is 5.74. The first-order valence-electron chi connectivity index (χ1n) is 10.2. The van der Waals surface area contributed by atoms with E-state index in [1.54, 1.807) is 0 Å². The minimum Gasteiger partial charge on any atom is -0.377 e. The molecule has 1 aliphatic heterocycles. The van der Waals surface area contributed by atoms with Gasteiger partial charge in [0, 0.05) is 39.3 Å². The summed E-state index contributed by atoms with van der Waals surface area (Å²) in [6.07, 6.45) is 4.42. The first kappa shape index (κ1) is 24.0. The van der Waals surface area contributed by atoms with Gasteiger partial charge >= 0.3 is 0 Å². The molecule has 1 saturated heterocycles. The van der Waals surface area contributed by atoms with Crippen LogP contribution in [-0.4, -0.2) is 45.3 Å². The quantitative estimate of drug-likeness (QED) is 0.218. The van der Waals surface area contributed by atoms with Crippen molar-refractivity contribution in [2.75, 3.05) is 38.2 Å². The van der Waals surface area contributed by atoms with Crippen molar-refractivity contribution in [3.63, 3.8) is 0 Å². The van der Waals surface area contributed by atoms with E-state index in [4.69, 9.17) is 4.74 Å². The number of anilines is 1. The van der Waals surface area contributed by atoms with Gasteiger partial charge in [0.2, 0.25) is 0 Å². The fraction of sp³-hybridized carbons (Fsp3) is 0.500. The molecule has 0 spiro atoms. The Balaban J connectivity index is 0.00000300. The first-order chi connectivity index (χ1) is 13.8. The number of unbranched alkanes of at least 4 members (excludes halogenated alkanes) is 1. The molecule has 2 N–H and O–H groups in total. The van der Waals surface area contributed by atoms with Crippen molar-refractivity contribution in [1.82, 2.24) is 10.6 Å². The second-order valence-electron chi connectivity index (χ2n) is 7.10. The zero-order valence-corrected chi connectivity index (χ0v) is 20.3. The molecular weight excluding hydrogens is 495 g/mol. The van der Waals surface area contributed by atoms with Crippen LogP contribution in [0.2, 0.25) is 0 Å². The molecule has 0 bridgehead atoms. The van der Waals surface area contributed by atoms with E-state index >= 15 is 0 Å². The minimum absolute atomic E-state index is 0. The summed E-state index contributed by atoms with van der Waals surface area (Å²) in [4.78, 5) is 6.86. The van der Waals surface area contributed by atoms with E-state index in [2.05, 4.69) is 50.2 Å². The van der Waals surface area contributed by atoms with Crippen LogP contribution in [0.1, 0.15) is 31.2 Å². The Morgan fingerprint density at radius 3 is 2.62 bits per heavy atom. The van der Waals surface area contributed by atoms with Crippen LogP contribution in [0.4, 0.5) is 5.00 Å². The van der Waals surface area contributed by atoms with Crippen LogP contribution in [0.25, 0.3) is 0 Å². The molecule has 7 heteroatoms. The topological polar surface area (TPSA) is 48.9 Å². The van der Waals surface area contributed by atoms with Crippen LogP contribution >= 0.6 is 35.3 Å². The van der Waals surface area contributed by atoms with Crippen molar-refractivity contribution in [3.05, 3.63) is 53.4 Å². The zero-order chi connectivity index (χ0) is 19.4. The third-order valence-corrected chi connectivity index (χ3v) is 5.93. The van der Waals surface area contributed by atoms with Gasteiger partial charge in [0.1, 0.15) is 0 Å². The van der Waals surface area contributed by atoms with E-state index in [9.17, 15) is 0 Å². The summed E-state index contributed by atoms with van der Waals surface area (Å²) in [6.45, 7) is 4.62. The Labute approximate surface area is 196 Å². The van der Waals surface area contributed by atoms with Gasteiger partial charge < -0.3 is 20.3 Å². The van der Waals surface area contributed by atoms with Gasteiger partial charge in [0.25, 0.3) is 0 Å². The number of piperidine rings is 1. The van der Waals surface area contributed by atoms with Crippen molar-refractivity contribution in [2.45, 2.75) is 38.3 Å². The lowest BCUT2D eigenvalue weighted by Crippen LogP contribution is -2.48. The Kier molecular flexibility index (Phi) is 11.4. The third kappa shape index (κ3) is 8.52. The summed E-state index contributed by atoms with van der Waals surface area (Å²) >= 11 is 1.83. The van der Waals surface area contributed by atoms with Gasteiger partial charge in [-0.1, -0.05) is 30.3 Å². The third-order valence-electron chi connectivity index (χ3n) is 5.00. The van der Waals surface area contributed by atoms with Crippen molar-refractivity contribution in [3.8, 4) is 0 Å². The van der Waals surface area contributed by atoms with E-state index in [-0.39, 0.29) is 24.0 Å². The number of hydrogen-bond acceptors (Lipinski definition) is 4. The number of rotatable bonds is 9. The molecule has 160 valence electrons. The van der Waals surface area contributed by atoms with Crippen molar-refractivity contribution >= 4 is 46.3 Å². The zero-order valence-electron chi connectivity index (χ0n) is 17.2. The van der Waals surface area contributed by atoms with Crippen LogP contribution in [-0.2, 0) is 11.3 Å². The highest BCUT2D eigenvalue weighted by Gasteiger charge is 2.20. The van der Waals surface area contributed by atoms with Crippen LogP contribution in [0.15, 0.2) is 52.8 Å². The molecule has 1 aromatic heterocycles. The normalized spacial score (nSPS) is 15.1. The van der Waals surface area contributed by atoms with Crippen LogP contribution in [0.5, 0.6) is 0 Å². The number of aliphatic imine (C=N–C) groups is 1. The largest absolute Gasteiger partial charge is 0.377 e. The lowest BCUT2D eigenvalue weighted by Gasteiger charge is -2.33. The SMILES string of the molecule is CN=C(NCCCCOCc1ccccc1)NC1CCN(c2cccs2)CC1.I. The second kappa shape index (κ2) is 13.8. The standard InChI is InChI=1S/C22H32N4OS.HI/c1-23-22(24-13-5-6-16-27-18-19-8-3-2-4-9-19)25-20-11-14-26(15-12-20)21-10-7-17-28-21;/h2-4,7-10,17,20H,5-6,11-16,18H2,1H3,(H2,23,24,25);1H. The number of halogens is 1. The number of nitrogens with zero attached hydrogens (tertiary/aromatic N) is 2. The van der Waals surface area contributed by atoms with Crippen LogP contribution in [0.3, 0.4) is 0 Å². The molecule has 0 saturated carbocycles. The molecule has 29 heavy (non-hydrogen) atoms. The van der Waals surface area contributed by atoms with Crippen molar-refractivity contribution < 1.29 is 4.74 Å². The molecule has 0 unspecified atom stereocenters. The van der Waals surface area contributed by atoms with Crippen molar-refractivity contribution in [2.24, 2.45) is 4.99 Å². The number of ether oxygens (including phenoxy) is 1. The van der Waals surface area contributed by atoms with Gasteiger partial charge in [-0.3, -0.25) is 4.99 Å². The van der Waals surface area contributed by atoms with Gasteiger partial charge in [-0.05, 0) is 48.8 Å². The molecule has 3 rings (SSSR count). The average Bonchev–Trinajstić information content (AvgIpc) is 3.28. The maximum absolute atomic E-state index is 5.74. The molecule has 1 aromatic carbocycles. The molecule has 0 atom stereocenters. The van der Waals surface area contributed by atoms with E-state index in [1.807, 2.05) is 36.6 Å². The Hall–Kier alpha value is -1.32. The highest BCUT2D eigenvalue weighted by atomic mass is 127. The average molecular weight is 529 g/mol. The van der Waals surface area contributed by atoms with Crippen LogP contribution in [0, 0.1) is 0 Å². The Bertz CT molecular complexity index is 688. The van der Waals surface area contributed by atoms with E-state index in [1.165, 1.54) is 10.6 Å². The van der Waals surface area contributed by atoms with Gasteiger partial charge in [-0.2, -0.15) is 0 Å². The van der Waals surface area contributed by atoms with E-state index < -0.39 is 0 Å². The van der Waals surface area contributed by atoms with Gasteiger partial charge in [0.15, 0.2) is 5.96 Å². The van der Waals surface area contributed by atoms with Gasteiger partial charge in [-0.15, -0.1) is 35.3 Å². The molecule has 2 heterocycles. The highest BCUT2D eigenvalue weighted by Crippen LogP contribution is 2.24. The molecule has 1 aliphatic rings. The molecule has 0 aliphatic carbocycles.